The van der Waals surface area contributed by atoms with Gasteiger partial charge >= 0.3 is 0 Å². The van der Waals surface area contributed by atoms with Gasteiger partial charge in [-0.15, -0.1) is 0 Å². The second-order valence-corrected chi connectivity index (χ2v) is 6.52. The molecule has 2 aromatic rings. The fourth-order valence-corrected chi connectivity index (χ4v) is 3.49. The van der Waals surface area contributed by atoms with Crippen molar-refractivity contribution in [2.45, 2.75) is 4.90 Å². The predicted octanol–water partition coefficient (Wildman–Crippen LogP) is 3.18. The Morgan fingerprint density at radius 2 is 1.90 bits per heavy atom. The third-order valence-corrected chi connectivity index (χ3v) is 5.15. The van der Waals surface area contributed by atoms with Crippen LogP contribution in [0.5, 0.6) is 0 Å². The first-order valence-corrected chi connectivity index (χ1v) is 7.63. The number of halogens is 2. The molecule has 0 bridgehead atoms. The minimum Gasteiger partial charge on any atom is -0.268 e. The topological polar surface area (TPSA) is 61.2 Å². The maximum absolute atomic E-state index is 13.3. The molecule has 0 aliphatic carbocycles. The highest BCUT2D eigenvalue weighted by Crippen LogP contribution is 2.29. The molecule has 0 heterocycles. The van der Waals surface area contributed by atoms with E-state index >= 15 is 0 Å². The monoisotopic (exact) mass is 324 g/mol. The summed E-state index contributed by atoms with van der Waals surface area (Å²) in [6.45, 7) is 0. The van der Waals surface area contributed by atoms with E-state index in [1.165, 1.54) is 25.2 Å². The first-order chi connectivity index (χ1) is 9.87. The zero-order valence-electron chi connectivity index (χ0n) is 10.9. The number of hydrogen-bond acceptors (Lipinski definition) is 3. The van der Waals surface area contributed by atoms with E-state index in [0.717, 1.165) is 16.4 Å². The Morgan fingerprint density at radius 3 is 2.57 bits per heavy atom. The van der Waals surface area contributed by atoms with Gasteiger partial charge in [0.15, 0.2) is 0 Å². The second kappa shape index (κ2) is 5.72. The van der Waals surface area contributed by atoms with Crippen LogP contribution in [0.4, 0.5) is 10.1 Å². The summed E-state index contributed by atoms with van der Waals surface area (Å²) in [5.74, 6) is -0.708. The molecule has 0 spiro atoms. The minimum atomic E-state index is -4.07. The van der Waals surface area contributed by atoms with Gasteiger partial charge < -0.3 is 0 Å². The first kappa shape index (κ1) is 15.3. The summed E-state index contributed by atoms with van der Waals surface area (Å²) in [4.78, 5) is -0.348. The van der Waals surface area contributed by atoms with E-state index in [9.17, 15) is 12.8 Å². The van der Waals surface area contributed by atoms with Crippen LogP contribution in [0.1, 0.15) is 5.56 Å². The molecule has 0 fully saturated rings. The third kappa shape index (κ3) is 2.84. The van der Waals surface area contributed by atoms with Crippen LogP contribution >= 0.6 is 11.6 Å². The van der Waals surface area contributed by atoms with E-state index in [2.05, 4.69) is 0 Å². The Hall–Kier alpha value is -2.10. The number of anilines is 1. The SMILES string of the molecule is CN(c1ccccc1C#N)S(=O)(=O)c1cc(F)ccc1Cl. The molecule has 108 valence electrons. The largest absolute Gasteiger partial charge is 0.268 e. The molecule has 0 unspecified atom stereocenters. The van der Waals surface area contributed by atoms with E-state index in [4.69, 9.17) is 16.9 Å². The van der Waals surface area contributed by atoms with Gasteiger partial charge in [0.05, 0.1) is 16.3 Å². The summed E-state index contributed by atoms with van der Waals surface area (Å²) in [5.41, 5.74) is 0.386. The Morgan fingerprint density at radius 1 is 1.24 bits per heavy atom. The number of nitriles is 1. The summed E-state index contributed by atoms with van der Waals surface area (Å²) in [6.07, 6.45) is 0. The van der Waals surface area contributed by atoms with Gasteiger partial charge in [-0.25, -0.2) is 12.8 Å². The van der Waals surface area contributed by atoms with E-state index < -0.39 is 15.8 Å². The Bertz CT molecular complexity index is 831. The number of hydrogen-bond donors (Lipinski definition) is 0. The highest BCUT2D eigenvalue weighted by atomic mass is 35.5. The number of nitrogens with zero attached hydrogens (tertiary/aromatic N) is 2. The average molecular weight is 325 g/mol. The van der Waals surface area contributed by atoms with Crippen LogP contribution in [0.25, 0.3) is 0 Å². The molecular formula is C14H10ClFN2O2S. The van der Waals surface area contributed by atoms with Gasteiger partial charge in [-0.1, -0.05) is 23.7 Å². The summed E-state index contributed by atoms with van der Waals surface area (Å²) in [6, 6.07) is 11.2. The molecule has 0 saturated heterocycles. The molecule has 0 amide bonds. The highest BCUT2D eigenvalue weighted by Gasteiger charge is 2.26. The molecule has 0 N–H and O–H groups in total. The molecule has 7 heteroatoms. The smallest absolute Gasteiger partial charge is 0.265 e. The molecule has 4 nitrogen and oxygen atoms in total. The van der Waals surface area contributed by atoms with Crippen LogP contribution in [0.2, 0.25) is 5.02 Å². The molecule has 21 heavy (non-hydrogen) atoms. The van der Waals surface area contributed by atoms with Gasteiger partial charge in [0.1, 0.15) is 16.8 Å². The lowest BCUT2D eigenvalue weighted by Crippen LogP contribution is -2.27. The van der Waals surface area contributed by atoms with Crippen molar-refractivity contribution in [2.75, 3.05) is 11.4 Å². The normalized spacial score (nSPS) is 11.0. The number of rotatable bonds is 3. The lowest BCUT2D eigenvalue weighted by atomic mass is 10.2. The summed E-state index contributed by atoms with van der Waals surface area (Å²) < 4.78 is 39.3. The predicted molar refractivity (Wildman–Crippen MR) is 78.2 cm³/mol. The highest BCUT2D eigenvalue weighted by molar-refractivity contribution is 7.93. The molecule has 0 atom stereocenters. The minimum absolute atomic E-state index is 0.0855. The summed E-state index contributed by atoms with van der Waals surface area (Å²) in [5, 5.41) is 8.96. The van der Waals surface area contributed by atoms with Crippen molar-refractivity contribution in [1.29, 1.82) is 5.26 Å². The van der Waals surface area contributed by atoms with Crippen LogP contribution in [0, 0.1) is 17.1 Å². The van der Waals surface area contributed by atoms with Crippen LogP contribution in [-0.2, 0) is 10.0 Å². The molecular weight excluding hydrogens is 315 g/mol. The quantitative estimate of drug-likeness (QED) is 0.871. The van der Waals surface area contributed by atoms with E-state index in [1.54, 1.807) is 12.1 Å². The van der Waals surface area contributed by atoms with Crippen molar-refractivity contribution in [2.24, 2.45) is 0 Å². The fourth-order valence-electron chi connectivity index (χ4n) is 1.79. The maximum atomic E-state index is 13.3. The molecule has 2 rings (SSSR count). The lowest BCUT2D eigenvalue weighted by Gasteiger charge is -2.21. The Balaban J connectivity index is 2.59. The standard InChI is InChI=1S/C14H10ClFN2O2S/c1-18(13-5-3-2-4-10(13)9-17)21(19,20)14-8-11(16)6-7-12(14)15/h2-8H,1H3. The molecule has 0 saturated carbocycles. The van der Waals surface area contributed by atoms with E-state index in [0.29, 0.717) is 0 Å². The van der Waals surface area contributed by atoms with E-state index in [1.807, 2.05) is 6.07 Å². The zero-order chi connectivity index (χ0) is 15.6. The van der Waals surface area contributed by atoms with Gasteiger partial charge in [0.2, 0.25) is 0 Å². The van der Waals surface area contributed by atoms with Gasteiger partial charge in [-0.2, -0.15) is 5.26 Å². The van der Waals surface area contributed by atoms with Gasteiger partial charge in [-0.3, -0.25) is 4.31 Å². The third-order valence-electron chi connectivity index (χ3n) is 2.90. The Kier molecular flexibility index (Phi) is 4.16. The van der Waals surface area contributed by atoms with Crippen LogP contribution in [-0.4, -0.2) is 15.5 Å². The molecule has 2 aromatic carbocycles. The lowest BCUT2D eigenvalue weighted by molar-refractivity contribution is 0.589. The van der Waals surface area contributed by atoms with Crippen molar-refractivity contribution in [3.05, 3.63) is 58.9 Å². The molecule has 0 aliphatic rings. The molecule has 0 aromatic heterocycles. The second-order valence-electron chi connectivity index (χ2n) is 4.18. The van der Waals surface area contributed by atoms with Gasteiger partial charge in [0.25, 0.3) is 10.0 Å². The van der Waals surface area contributed by atoms with Crippen molar-refractivity contribution < 1.29 is 12.8 Å². The van der Waals surface area contributed by atoms with Crippen molar-refractivity contribution >= 4 is 27.3 Å². The maximum Gasteiger partial charge on any atom is 0.265 e. The molecule has 0 radical (unpaired) electrons. The summed E-state index contributed by atoms with van der Waals surface area (Å²) in [7, 11) is -2.78. The Labute approximate surface area is 127 Å². The zero-order valence-corrected chi connectivity index (χ0v) is 12.5. The van der Waals surface area contributed by atoms with Crippen molar-refractivity contribution in [1.82, 2.24) is 0 Å². The molecule has 0 aliphatic heterocycles. The number of benzene rings is 2. The van der Waals surface area contributed by atoms with Gasteiger partial charge in [0, 0.05) is 7.05 Å². The van der Waals surface area contributed by atoms with Crippen LogP contribution in [0.3, 0.4) is 0 Å². The van der Waals surface area contributed by atoms with Gasteiger partial charge in [-0.05, 0) is 30.3 Å². The van der Waals surface area contributed by atoms with Crippen LogP contribution < -0.4 is 4.31 Å². The fraction of sp³-hybridized carbons (Fsp3) is 0.0714. The van der Waals surface area contributed by atoms with Crippen LogP contribution in [0.15, 0.2) is 47.4 Å². The van der Waals surface area contributed by atoms with E-state index in [-0.39, 0.29) is 21.2 Å². The number of para-hydroxylation sites is 1. The van der Waals surface area contributed by atoms with Crippen molar-refractivity contribution in [3.63, 3.8) is 0 Å². The summed E-state index contributed by atoms with van der Waals surface area (Å²) >= 11 is 5.85. The number of sulfonamides is 1. The van der Waals surface area contributed by atoms with Crippen molar-refractivity contribution in [3.8, 4) is 6.07 Å². The average Bonchev–Trinajstić information content (AvgIpc) is 2.48. The first-order valence-electron chi connectivity index (χ1n) is 5.81.